The molecule has 6 nitrogen and oxygen atoms in total. The fourth-order valence-electron chi connectivity index (χ4n) is 1.41. The van der Waals surface area contributed by atoms with Gasteiger partial charge in [0.05, 0.1) is 12.8 Å². The highest BCUT2D eigenvalue weighted by Gasteiger charge is 2.16. The first kappa shape index (κ1) is 14.5. The molecule has 0 saturated carbocycles. The van der Waals surface area contributed by atoms with Crippen molar-refractivity contribution in [3.63, 3.8) is 0 Å². The molecule has 0 aromatic carbocycles. The van der Waals surface area contributed by atoms with Crippen LogP contribution in [0, 0.1) is 5.92 Å². The highest BCUT2D eigenvalue weighted by atomic mass is 16.5. The second-order valence-corrected chi connectivity index (χ2v) is 4.33. The predicted molar refractivity (Wildman–Crippen MR) is 68.5 cm³/mol. The zero-order valence-electron chi connectivity index (χ0n) is 11.4. The van der Waals surface area contributed by atoms with Gasteiger partial charge in [-0.05, 0) is 12.8 Å². The van der Waals surface area contributed by atoms with Gasteiger partial charge in [-0.1, -0.05) is 13.8 Å². The summed E-state index contributed by atoms with van der Waals surface area (Å²) in [6, 6.07) is 0. The molecule has 1 rings (SSSR count). The molecule has 102 valence electrons. The molecule has 1 aromatic rings. The standard InChI is InChI=1S/C12H21N3O3/c1-5-18-12(16)11-14-10(13-6-9(2)3)7-15(11)8-17-4/h7,9,13H,5-6,8H2,1-4H3. The van der Waals surface area contributed by atoms with Crippen LogP contribution in [-0.2, 0) is 16.2 Å². The summed E-state index contributed by atoms with van der Waals surface area (Å²) in [5.74, 6) is 0.976. The molecular weight excluding hydrogens is 234 g/mol. The molecule has 1 heterocycles. The Morgan fingerprint density at radius 3 is 2.83 bits per heavy atom. The number of ether oxygens (including phenoxy) is 2. The van der Waals surface area contributed by atoms with Crippen molar-refractivity contribution in [2.45, 2.75) is 27.5 Å². The van der Waals surface area contributed by atoms with Crippen molar-refractivity contribution >= 4 is 11.8 Å². The molecule has 0 amide bonds. The normalized spacial score (nSPS) is 10.7. The molecule has 0 unspecified atom stereocenters. The van der Waals surface area contributed by atoms with E-state index in [2.05, 4.69) is 24.1 Å². The summed E-state index contributed by atoms with van der Waals surface area (Å²) >= 11 is 0. The van der Waals surface area contributed by atoms with Gasteiger partial charge in [-0.15, -0.1) is 0 Å². The van der Waals surface area contributed by atoms with E-state index in [9.17, 15) is 4.79 Å². The summed E-state index contributed by atoms with van der Waals surface area (Å²) in [5, 5.41) is 3.16. The summed E-state index contributed by atoms with van der Waals surface area (Å²) < 4.78 is 11.6. The summed E-state index contributed by atoms with van der Waals surface area (Å²) in [7, 11) is 1.57. The molecule has 6 heteroatoms. The summed E-state index contributed by atoms with van der Waals surface area (Å²) in [4.78, 5) is 15.9. The Morgan fingerprint density at radius 1 is 1.56 bits per heavy atom. The predicted octanol–water partition coefficient (Wildman–Crippen LogP) is 1.73. The van der Waals surface area contributed by atoms with E-state index in [-0.39, 0.29) is 12.6 Å². The lowest BCUT2D eigenvalue weighted by molar-refractivity contribution is 0.0485. The van der Waals surface area contributed by atoms with E-state index in [4.69, 9.17) is 9.47 Å². The zero-order valence-corrected chi connectivity index (χ0v) is 11.4. The molecule has 0 fully saturated rings. The molecule has 0 radical (unpaired) electrons. The fourth-order valence-corrected chi connectivity index (χ4v) is 1.41. The molecule has 18 heavy (non-hydrogen) atoms. The Bertz CT molecular complexity index is 388. The first-order valence-electron chi connectivity index (χ1n) is 6.05. The molecule has 0 spiro atoms. The van der Waals surface area contributed by atoms with Gasteiger partial charge in [-0.25, -0.2) is 9.78 Å². The highest BCUT2D eigenvalue weighted by Crippen LogP contribution is 2.11. The Kier molecular flexibility index (Phi) is 5.64. The number of hydrogen-bond donors (Lipinski definition) is 1. The number of rotatable bonds is 7. The Labute approximate surface area is 107 Å². The largest absolute Gasteiger partial charge is 0.460 e. The van der Waals surface area contributed by atoms with Crippen LogP contribution in [0.1, 0.15) is 31.4 Å². The lowest BCUT2D eigenvalue weighted by atomic mass is 10.2. The third-order valence-corrected chi connectivity index (χ3v) is 2.19. The quantitative estimate of drug-likeness (QED) is 0.752. The minimum absolute atomic E-state index is 0.255. The molecule has 0 bridgehead atoms. The van der Waals surface area contributed by atoms with E-state index in [1.165, 1.54) is 0 Å². The van der Waals surface area contributed by atoms with Gasteiger partial charge in [-0.2, -0.15) is 0 Å². The van der Waals surface area contributed by atoms with Gasteiger partial charge in [0, 0.05) is 13.7 Å². The smallest absolute Gasteiger partial charge is 0.374 e. The van der Waals surface area contributed by atoms with Crippen molar-refractivity contribution in [1.82, 2.24) is 9.55 Å². The maximum Gasteiger partial charge on any atom is 0.374 e. The van der Waals surface area contributed by atoms with Gasteiger partial charge in [0.25, 0.3) is 0 Å². The molecule has 0 aliphatic carbocycles. The monoisotopic (exact) mass is 255 g/mol. The number of imidazole rings is 1. The van der Waals surface area contributed by atoms with Gasteiger partial charge < -0.3 is 14.8 Å². The average Bonchev–Trinajstić information content (AvgIpc) is 2.71. The molecule has 1 aromatic heterocycles. The van der Waals surface area contributed by atoms with Crippen LogP contribution in [0.2, 0.25) is 0 Å². The maximum absolute atomic E-state index is 11.7. The van der Waals surface area contributed by atoms with Crippen molar-refractivity contribution in [2.24, 2.45) is 5.92 Å². The van der Waals surface area contributed by atoms with Gasteiger partial charge in [-0.3, -0.25) is 4.57 Å². The topological polar surface area (TPSA) is 65.4 Å². The Balaban J connectivity index is 2.82. The number of nitrogens with zero attached hydrogens (tertiary/aromatic N) is 2. The lowest BCUT2D eigenvalue weighted by Gasteiger charge is -2.04. The Morgan fingerprint density at radius 2 is 2.28 bits per heavy atom. The van der Waals surface area contributed by atoms with Crippen LogP contribution in [0.5, 0.6) is 0 Å². The van der Waals surface area contributed by atoms with Crippen LogP contribution < -0.4 is 5.32 Å². The van der Waals surface area contributed by atoms with Crippen molar-refractivity contribution in [1.29, 1.82) is 0 Å². The van der Waals surface area contributed by atoms with Crippen LogP contribution in [0.15, 0.2) is 6.20 Å². The average molecular weight is 255 g/mol. The molecule has 0 aliphatic rings. The highest BCUT2D eigenvalue weighted by molar-refractivity contribution is 5.86. The third-order valence-electron chi connectivity index (χ3n) is 2.19. The summed E-state index contributed by atoms with van der Waals surface area (Å²) in [5.41, 5.74) is 0. The van der Waals surface area contributed by atoms with Crippen molar-refractivity contribution in [3.05, 3.63) is 12.0 Å². The van der Waals surface area contributed by atoms with Gasteiger partial charge in [0.2, 0.25) is 5.82 Å². The maximum atomic E-state index is 11.7. The van der Waals surface area contributed by atoms with E-state index in [0.717, 1.165) is 6.54 Å². The van der Waals surface area contributed by atoms with Crippen LogP contribution in [-0.4, -0.2) is 35.8 Å². The third kappa shape index (κ3) is 4.03. The second-order valence-electron chi connectivity index (χ2n) is 4.33. The van der Waals surface area contributed by atoms with Crippen molar-refractivity contribution < 1.29 is 14.3 Å². The van der Waals surface area contributed by atoms with Crippen LogP contribution in [0.4, 0.5) is 5.82 Å². The molecule has 1 N–H and O–H groups in total. The number of nitrogens with one attached hydrogen (secondary N) is 1. The fraction of sp³-hybridized carbons (Fsp3) is 0.667. The van der Waals surface area contributed by atoms with Crippen molar-refractivity contribution in [2.75, 3.05) is 25.6 Å². The summed E-state index contributed by atoms with van der Waals surface area (Å²) in [6.07, 6.45) is 1.75. The van der Waals surface area contributed by atoms with E-state index in [0.29, 0.717) is 18.3 Å². The van der Waals surface area contributed by atoms with Gasteiger partial charge >= 0.3 is 5.97 Å². The van der Waals surface area contributed by atoms with E-state index >= 15 is 0 Å². The minimum Gasteiger partial charge on any atom is -0.460 e. The van der Waals surface area contributed by atoms with Crippen molar-refractivity contribution in [3.8, 4) is 0 Å². The number of esters is 1. The molecule has 0 saturated heterocycles. The first-order valence-corrected chi connectivity index (χ1v) is 6.05. The van der Waals surface area contributed by atoms with E-state index in [1.54, 1.807) is 24.8 Å². The van der Waals surface area contributed by atoms with Crippen LogP contribution >= 0.6 is 0 Å². The molecule has 0 aliphatic heterocycles. The van der Waals surface area contributed by atoms with Gasteiger partial charge in [0.15, 0.2) is 0 Å². The number of methoxy groups -OCH3 is 1. The zero-order chi connectivity index (χ0) is 13.5. The Hall–Kier alpha value is -1.56. The van der Waals surface area contributed by atoms with E-state index in [1.807, 2.05) is 0 Å². The second kappa shape index (κ2) is 7.00. The van der Waals surface area contributed by atoms with E-state index < -0.39 is 5.97 Å². The van der Waals surface area contributed by atoms with Crippen LogP contribution in [0.3, 0.4) is 0 Å². The first-order chi connectivity index (χ1) is 8.58. The van der Waals surface area contributed by atoms with Gasteiger partial charge in [0.1, 0.15) is 12.5 Å². The molecule has 0 atom stereocenters. The molecular formula is C12H21N3O3. The SMILES string of the molecule is CCOC(=O)c1nc(NCC(C)C)cn1COC. The lowest BCUT2D eigenvalue weighted by Crippen LogP contribution is -2.14. The number of anilines is 1. The minimum atomic E-state index is -0.438. The number of carbonyl (C=O) groups is 1. The number of hydrogen-bond acceptors (Lipinski definition) is 5. The number of carbonyl (C=O) groups excluding carboxylic acids is 1. The number of aromatic nitrogens is 2. The summed E-state index contributed by atoms with van der Waals surface area (Å²) in [6.45, 7) is 7.36. The van der Waals surface area contributed by atoms with Crippen LogP contribution in [0.25, 0.3) is 0 Å².